The van der Waals surface area contributed by atoms with Crippen LogP contribution in [-0.2, 0) is 11.4 Å². The van der Waals surface area contributed by atoms with Crippen LogP contribution in [0, 0.1) is 0 Å². The van der Waals surface area contributed by atoms with E-state index >= 15 is 0 Å². The summed E-state index contributed by atoms with van der Waals surface area (Å²) in [4.78, 5) is 14.3. The van der Waals surface area contributed by atoms with E-state index in [1.54, 1.807) is 12.1 Å². The maximum Gasteiger partial charge on any atom is 0.305 e. The number of carboxylic acid groups (broad SMARTS) is 1. The number of hydrogen-bond donors (Lipinski definition) is 3. The molecule has 1 aromatic heterocycles. The van der Waals surface area contributed by atoms with Crippen LogP contribution >= 0.6 is 0 Å². The zero-order valence-corrected chi connectivity index (χ0v) is 7.55. The van der Waals surface area contributed by atoms with Crippen LogP contribution in [-0.4, -0.2) is 21.2 Å². The van der Waals surface area contributed by atoms with Gasteiger partial charge in [0, 0.05) is 6.20 Å². The van der Waals surface area contributed by atoms with E-state index in [4.69, 9.17) is 15.9 Å². The molecule has 14 heavy (non-hydrogen) atoms. The maximum absolute atomic E-state index is 10.4. The van der Waals surface area contributed by atoms with Crippen LogP contribution in [0.3, 0.4) is 0 Å². The standard InChI is InChI=1S/C9H12N2O3/c10-7(4-9(13)14)8-3-6(5-12)1-2-11-8/h1-3,7,12H,4-5,10H2,(H,13,14)/t7-/m0/s1. The molecule has 0 radical (unpaired) electrons. The van der Waals surface area contributed by atoms with Gasteiger partial charge in [0.2, 0.25) is 0 Å². The van der Waals surface area contributed by atoms with Crippen LogP contribution in [0.15, 0.2) is 18.3 Å². The van der Waals surface area contributed by atoms with Crippen LogP contribution in [0.2, 0.25) is 0 Å². The van der Waals surface area contributed by atoms with Crippen molar-refractivity contribution in [2.75, 3.05) is 0 Å². The number of aliphatic hydroxyl groups excluding tert-OH is 1. The predicted octanol–water partition coefficient (Wildman–Crippen LogP) is 0.0484. The molecular weight excluding hydrogens is 184 g/mol. The second-order valence-electron chi connectivity index (χ2n) is 2.95. The van der Waals surface area contributed by atoms with Crippen molar-refractivity contribution >= 4 is 5.97 Å². The van der Waals surface area contributed by atoms with Crippen LogP contribution in [0.4, 0.5) is 0 Å². The van der Waals surface area contributed by atoms with Crippen molar-refractivity contribution in [3.63, 3.8) is 0 Å². The normalized spacial score (nSPS) is 12.4. The zero-order chi connectivity index (χ0) is 10.6. The number of carboxylic acids is 1. The third-order valence-electron chi connectivity index (χ3n) is 1.80. The summed E-state index contributed by atoms with van der Waals surface area (Å²) in [6, 6.07) is 2.63. The Bertz CT molecular complexity index is 328. The third-order valence-corrected chi connectivity index (χ3v) is 1.80. The van der Waals surface area contributed by atoms with Crippen LogP contribution in [0.25, 0.3) is 0 Å². The Balaban J connectivity index is 2.78. The van der Waals surface area contributed by atoms with E-state index in [9.17, 15) is 4.79 Å². The molecule has 1 aromatic rings. The van der Waals surface area contributed by atoms with Gasteiger partial charge in [-0.3, -0.25) is 9.78 Å². The molecule has 0 unspecified atom stereocenters. The molecule has 0 bridgehead atoms. The summed E-state index contributed by atoms with van der Waals surface area (Å²) in [5.41, 5.74) is 6.76. The fourth-order valence-corrected chi connectivity index (χ4v) is 1.09. The molecule has 1 atom stereocenters. The van der Waals surface area contributed by atoms with Crippen molar-refractivity contribution < 1.29 is 15.0 Å². The molecular formula is C9H12N2O3. The molecule has 0 fully saturated rings. The molecule has 5 nitrogen and oxygen atoms in total. The highest BCUT2D eigenvalue weighted by Crippen LogP contribution is 2.12. The first-order valence-corrected chi connectivity index (χ1v) is 4.16. The lowest BCUT2D eigenvalue weighted by atomic mass is 10.1. The zero-order valence-electron chi connectivity index (χ0n) is 7.55. The predicted molar refractivity (Wildman–Crippen MR) is 49.3 cm³/mol. The summed E-state index contributed by atoms with van der Waals surface area (Å²) in [6.45, 7) is -0.102. The smallest absolute Gasteiger partial charge is 0.305 e. The Labute approximate surface area is 81.2 Å². The first-order valence-electron chi connectivity index (χ1n) is 4.16. The number of nitrogens with two attached hydrogens (primary N) is 1. The van der Waals surface area contributed by atoms with Crippen LogP contribution in [0.1, 0.15) is 23.7 Å². The molecule has 0 saturated heterocycles. The SMILES string of the molecule is N[C@@H](CC(=O)O)c1cc(CO)ccn1. The van der Waals surface area contributed by atoms with Crippen LogP contribution < -0.4 is 5.73 Å². The first kappa shape index (κ1) is 10.6. The number of aliphatic hydroxyl groups is 1. The Morgan fingerprint density at radius 1 is 1.64 bits per heavy atom. The molecule has 0 amide bonds. The second kappa shape index (κ2) is 4.69. The van der Waals surface area contributed by atoms with Gasteiger partial charge >= 0.3 is 5.97 Å². The molecule has 1 heterocycles. The minimum Gasteiger partial charge on any atom is -0.481 e. The summed E-state index contributed by atoms with van der Waals surface area (Å²) in [6.07, 6.45) is 1.34. The van der Waals surface area contributed by atoms with Gasteiger partial charge in [0.25, 0.3) is 0 Å². The highest BCUT2D eigenvalue weighted by Gasteiger charge is 2.11. The van der Waals surface area contributed by atoms with Gasteiger partial charge in [0.05, 0.1) is 24.8 Å². The number of carbonyl (C=O) groups is 1. The van der Waals surface area contributed by atoms with Gasteiger partial charge < -0.3 is 15.9 Å². The van der Waals surface area contributed by atoms with Gasteiger partial charge in [0.15, 0.2) is 0 Å². The lowest BCUT2D eigenvalue weighted by Crippen LogP contribution is -2.16. The van der Waals surface area contributed by atoms with E-state index in [1.165, 1.54) is 6.20 Å². The lowest BCUT2D eigenvalue weighted by molar-refractivity contribution is -0.137. The van der Waals surface area contributed by atoms with E-state index in [0.29, 0.717) is 11.3 Å². The van der Waals surface area contributed by atoms with Crippen LogP contribution in [0.5, 0.6) is 0 Å². The number of nitrogens with zero attached hydrogens (tertiary/aromatic N) is 1. The number of aliphatic carboxylic acids is 1. The average Bonchev–Trinajstić information content (AvgIpc) is 2.17. The van der Waals surface area contributed by atoms with Gasteiger partial charge in [-0.15, -0.1) is 0 Å². The van der Waals surface area contributed by atoms with Crippen molar-refractivity contribution in [3.05, 3.63) is 29.6 Å². The van der Waals surface area contributed by atoms with E-state index in [1.807, 2.05) is 0 Å². The molecule has 4 N–H and O–H groups in total. The number of rotatable bonds is 4. The van der Waals surface area contributed by atoms with E-state index in [2.05, 4.69) is 4.98 Å². The van der Waals surface area contributed by atoms with Gasteiger partial charge in [-0.05, 0) is 17.7 Å². The Kier molecular flexibility index (Phi) is 3.55. The fourth-order valence-electron chi connectivity index (χ4n) is 1.09. The molecule has 76 valence electrons. The fraction of sp³-hybridized carbons (Fsp3) is 0.333. The van der Waals surface area contributed by atoms with Crippen molar-refractivity contribution in [2.45, 2.75) is 19.1 Å². The van der Waals surface area contributed by atoms with Crippen molar-refractivity contribution in [3.8, 4) is 0 Å². The van der Waals surface area contributed by atoms with Crippen molar-refractivity contribution in [2.24, 2.45) is 5.73 Å². The largest absolute Gasteiger partial charge is 0.481 e. The summed E-state index contributed by atoms with van der Waals surface area (Å²) in [7, 11) is 0. The van der Waals surface area contributed by atoms with E-state index in [0.717, 1.165) is 0 Å². The van der Waals surface area contributed by atoms with Gasteiger partial charge in [-0.25, -0.2) is 0 Å². The Hall–Kier alpha value is -1.46. The highest BCUT2D eigenvalue weighted by molar-refractivity contribution is 5.67. The topological polar surface area (TPSA) is 96.4 Å². The average molecular weight is 196 g/mol. The molecule has 0 aromatic carbocycles. The minimum atomic E-state index is -0.964. The molecule has 5 heteroatoms. The van der Waals surface area contributed by atoms with Gasteiger partial charge in [0.1, 0.15) is 0 Å². The van der Waals surface area contributed by atoms with E-state index < -0.39 is 12.0 Å². The Morgan fingerprint density at radius 2 is 2.36 bits per heavy atom. The third kappa shape index (κ3) is 2.79. The second-order valence-corrected chi connectivity index (χ2v) is 2.95. The Morgan fingerprint density at radius 3 is 2.93 bits per heavy atom. The molecule has 0 saturated carbocycles. The van der Waals surface area contributed by atoms with Crippen molar-refractivity contribution in [1.29, 1.82) is 0 Å². The lowest BCUT2D eigenvalue weighted by Gasteiger charge is -2.08. The molecule has 0 aliphatic heterocycles. The molecule has 0 spiro atoms. The number of aromatic nitrogens is 1. The van der Waals surface area contributed by atoms with Gasteiger partial charge in [-0.2, -0.15) is 0 Å². The maximum atomic E-state index is 10.4. The monoisotopic (exact) mass is 196 g/mol. The van der Waals surface area contributed by atoms with E-state index in [-0.39, 0.29) is 13.0 Å². The number of pyridine rings is 1. The molecule has 0 aliphatic rings. The van der Waals surface area contributed by atoms with Crippen molar-refractivity contribution in [1.82, 2.24) is 4.98 Å². The number of hydrogen-bond acceptors (Lipinski definition) is 4. The summed E-state index contributed by atoms with van der Waals surface area (Å²) < 4.78 is 0. The quantitative estimate of drug-likeness (QED) is 0.632. The summed E-state index contributed by atoms with van der Waals surface area (Å²) in [5.74, 6) is -0.964. The summed E-state index contributed by atoms with van der Waals surface area (Å²) >= 11 is 0. The summed E-state index contributed by atoms with van der Waals surface area (Å²) in [5, 5.41) is 17.4. The minimum absolute atomic E-state index is 0.102. The first-order chi connectivity index (χ1) is 6.63. The highest BCUT2D eigenvalue weighted by atomic mass is 16.4. The molecule has 0 aliphatic carbocycles. The van der Waals surface area contributed by atoms with Gasteiger partial charge in [-0.1, -0.05) is 0 Å². The molecule has 1 rings (SSSR count).